The first-order valence-electron chi connectivity index (χ1n) is 8.85. The van der Waals surface area contributed by atoms with Crippen molar-refractivity contribution in [3.63, 3.8) is 0 Å². The second-order valence-corrected chi connectivity index (χ2v) is 7.77. The Morgan fingerprint density at radius 3 is 3.14 bits per heavy atom. The standard InChI is InChI=1S/C18H18ClN5O3S/c19-11-3-1-4-12(7-11)24-16-14(9-21-24)17(26)23-18(22-16)28-10-15(25)20-8-13-5-2-6-27-13/h1,3-4,7,9,13H,2,5-6,8,10H2,(H,20,25)(H,22,23,26)/t13-/m0/s1. The lowest BCUT2D eigenvalue weighted by atomic mass is 10.2. The predicted molar refractivity (Wildman–Crippen MR) is 107 cm³/mol. The van der Waals surface area contributed by atoms with Crippen LogP contribution in [0.25, 0.3) is 16.7 Å². The zero-order chi connectivity index (χ0) is 19.5. The highest BCUT2D eigenvalue weighted by molar-refractivity contribution is 7.99. The lowest BCUT2D eigenvalue weighted by molar-refractivity contribution is -0.119. The molecule has 0 saturated carbocycles. The topological polar surface area (TPSA) is 102 Å². The van der Waals surface area contributed by atoms with Crippen LogP contribution in [0.5, 0.6) is 0 Å². The Kier molecular flexibility index (Phi) is 5.65. The van der Waals surface area contributed by atoms with Crippen LogP contribution < -0.4 is 10.9 Å². The van der Waals surface area contributed by atoms with Crippen molar-refractivity contribution in [3.8, 4) is 5.69 Å². The summed E-state index contributed by atoms with van der Waals surface area (Å²) in [4.78, 5) is 31.6. The quantitative estimate of drug-likeness (QED) is 0.469. The fourth-order valence-electron chi connectivity index (χ4n) is 2.98. The molecule has 1 aliphatic rings. The number of rotatable bonds is 6. The van der Waals surface area contributed by atoms with Crippen molar-refractivity contribution < 1.29 is 9.53 Å². The predicted octanol–water partition coefficient (Wildman–Crippen LogP) is 2.15. The number of hydrogen-bond acceptors (Lipinski definition) is 6. The number of hydrogen-bond donors (Lipinski definition) is 2. The third-order valence-electron chi connectivity index (χ3n) is 4.36. The van der Waals surface area contributed by atoms with E-state index in [0.29, 0.717) is 33.4 Å². The number of ether oxygens (including phenoxy) is 1. The molecule has 3 heterocycles. The molecule has 0 bridgehead atoms. The number of H-pyrrole nitrogens is 1. The molecule has 8 nitrogen and oxygen atoms in total. The second-order valence-electron chi connectivity index (χ2n) is 6.37. The van der Waals surface area contributed by atoms with Gasteiger partial charge in [-0.1, -0.05) is 29.4 Å². The number of halogens is 1. The van der Waals surface area contributed by atoms with Crippen molar-refractivity contribution in [2.45, 2.75) is 24.1 Å². The minimum Gasteiger partial charge on any atom is -0.376 e. The minimum atomic E-state index is -0.305. The summed E-state index contributed by atoms with van der Waals surface area (Å²) >= 11 is 7.21. The van der Waals surface area contributed by atoms with Gasteiger partial charge in [-0.25, -0.2) is 9.67 Å². The molecular formula is C18H18ClN5O3S. The molecule has 1 aliphatic heterocycles. The summed E-state index contributed by atoms with van der Waals surface area (Å²) in [6.07, 6.45) is 3.55. The molecule has 0 unspecified atom stereocenters. The SMILES string of the molecule is O=C(CSc1nc2c(cnn2-c2cccc(Cl)c2)c(=O)[nH]1)NC[C@@H]1CCCO1. The molecular weight excluding hydrogens is 402 g/mol. The Balaban J connectivity index is 1.49. The van der Waals surface area contributed by atoms with Crippen molar-refractivity contribution in [2.75, 3.05) is 18.9 Å². The number of nitrogens with zero attached hydrogens (tertiary/aromatic N) is 3. The maximum atomic E-state index is 12.4. The van der Waals surface area contributed by atoms with Crippen LogP contribution in [0.2, 0.25) is 5.02 Å². The Hall–Kier alpha value is -2.36. The molecule has 2 N–H and O–H groups in total. The van der Waals surface area contributed by atoms with Crippen molar-refractivity contribution in [1.29, 1.82) is 0 Å². The zero-order valence-electron chi connectivity index (χ0n) is 14.9. The van der Waals surface area contributed by atoms with Gasteiger partial charge in [-0.15, -0.1) is 0 Å². The number of nitrogens with one attached hydrogen (secondary N) is 2. The van der Waals surface area contributed by atoms with Crippen molar-refractivity contribution in [3.05, 3.63) is 45.8 Å². The number of aromatic amines is 1. The maximum Gasteiger partial charge on any atom is 0.262 e. The van der Waals surface area contributed by atoms with E-state index in [1.807, 2.05) is 6.07 Å². The van der Waals surface area contributed by atoms with Crippen LogP contribution in [-0.4, -0.2) is 50.7 Å². The minimum absolute atomic E-state index is 0.0929. The van der Waals surface area contributed by atoms with Gasteiger partial charge in [-0.05, 0) is 31.0 Å². The molecule has 146 valence electrons. The van der Waals surface area contributed by atoms with E-state index < -0.39 is 0 Å². The van der Waals surface area contributed by atoms with E-state index in [4.69, 9.17) is 16.3 Å². The molecule has 1 aromatic carbocycles. The van der Waals surface area contributed by atoms with Crippen molar-refractivity contribution in [1.82, 2.24) is 25.1 Å². The molecule has 1 fully saturated rings. The van der Waals surface area contributed by atoms with E-state index in [1.165, 1.54) is 6.20 Å². The number of thioether (sulfide) groups is 1. The van der Waals surface area contributed by atoms with E-state index in [9.17, 15) is 9.59 Å². The molecule has 1 amide bonds. The largest absolute Gasteiger partial charge is 0.376 e. The molecule has 2 aromatic heterocycles. The highest BCUT2D eigenvalue weighted by Gasteiger charge is 2.17. The molecule has 0 spiro atoms. The van der Waals surface area contributed by atoms with Gasteiger partial charge in [-0.3, -0.25) is 9.59 Å². The first-order chi connectivity index (χ1) is 13.6. The van der Waals surface area contributed by atoms with Gasteiger partial charge < -0.3 is 15.0 Å². The summed E-state index contributed by atoms with van der Waals surface area (Å²) in [6, 6.07) is 7.12. The van der Waals surface area contributed by atoms with Crippen LogP contribution in [0.3, 0.4) is 0 Å². The monoisotopic (exact) mass is 419 g/mol. The van der Waals surface area contributed by atoms with Gasteiger partial charge in [-0.2, -0.15) is 5.10 Å². The van der Waals surface area contributed by atoms with Crippen LogP contribution in [0.15, 0.2) is 40.4 Å². The third kappa shape index (κ3) is 4.21. The first-order valence-corrected chi connectivity index (χ1v) is 10.2. The van der Waals surface area contributed by atoms with Gasteiger partial charge >= 0.3 is 0 Å². The first kappa shape index (κ1) is 19.0. The second kappa shape index (κ2) is 8.34. The maximum absolute atomic E-state index is 12.4. The highest BCUT2D eigenvalue weighted by Crippen LogP contribution is 2.20. The van der Waals surface area contributed by atoms with Crippen molar-refractivity contribution in [2.24, 2.45) is 0 Å². The molecule has 0 radical (unpaired) electrons. The van der Waals surface area contributed by atoms with Gasteiger partial charge in [0.1, 0.15) is 5.39 Å². The fourth-order valence-corrected chi connectivity index (χ4v) is 3.85. The molecule has 1 atom stereocenters. The molecule has 3 aromatic rings. The number of benzene rings is 1. The number of fused-ring (bicyclic) bond motifs is 1. The summed E-state index contributed by atoms with van der Waals surface area (Å²) in [5, 5.41) is 8.38. The molecule has 4 rings (SSSR count). The Morgan fingerprint density at radius 2 is 2.36 bits per heavy atom. The summed E-state index contributed by atoms with van der Waals surface area (Å²) in [6.45, 7) is 1.25. The van der Waals surface area contributed by atoms with Crippen LogP contribution in [0.4, 0.5) is 0 Å². The van der Waals surface area contributed by atoms with Gasteiger partial charge in [0.15, 0.2) is 10.8 Å². The average Bonchev–Trinajstić information content (AvgIpc) is 3.34. The van der Waals surface area contributed by atoms with Gasteiger partial charge in [0.2, 0.25) is 5.91 Å². The van der Waals surface area contributed by atoms with E-state index >= 15 is 0 Å². The van der Waals surface area contributed by atoms with Crippen LogP contribution in [0.1, 0.15) is 12.8 Å². The van der Waals surface area contributed by atoms with Crippen LogP contribution in [-0.2, 0) is 9.53 Å². The Labute approximate surface area is 169 Å². The third-order valence-corrected chi connectivity index (χ3v) is 5.47. The lowest BCUT2D eigenvalue weighted by Gasteiger charge is -2.10. The average molecular weight is 420 g/mol. The normalized spacial score (nSPS) is 16.5. The van der Waals surface area contributed by atoms with Gasteiger partial charge in [0.05, 0.1) is 23.7 Å². The summed E-state index contributed by atoms with van der Waals surface area (Å²) in [5.74, 6) is 0.0125. The molecule has 0 aliphatic carbocycles. The highest BCUT2D eigenvalue weighted by atomic mass is 35.5. The summed E-state index contributed by atoms with van der Waals surface area (Å²) in [7, 11) is 0. The van der Waals surface area contributed by atoms with Crippen molar-refractivity contribution >= 4 is 40.3 Å². The summed E-state index contributed by atoms with van der Waals surface area (Å²) in [5.41, 5.74) is 0.805. The van der Waals surface area contributed by atoms with Gasteiger partial charge in [0, 0.05) is 18.2 Å². The number of carbonyl (C=O) groups is 1. The number of amides is 1. The molecule has 28 heavy (non-hydrogen) atoms. The van der Waals surface area contributed by atoms with E-state index in [2.05, 4.69) is 20.4 Å². The summed E-state index contributed by atoms with van der Waals surface area (Å²) < 4.78 is 7.04. The zero-order valence-corrected chi connectivity index (χ0v) is 16.4. The number of carbonyl (C=O) groups excluding carboxylic acids is 1. The van der Waals surface area contributed by atoms with E-state index in [0.717, 1.165) is 31.2 Å². The Morgan fingerprint density at radius 1 is 1.46 bits per heavy atom. The number of aromatic nitrogens is 4. The van der Waals surface area contributed by atoms with Gasteiger partial charge in [0.25, 0.3) is 5.56 Å². The van der Waals surface area contributed by atoms with E-state index in [1.54, 1.807) is 22.9 Å². The smallest absolute Gasteiger partial charge is 0.262 e. The Bertz CT molecular complexity index is 1060. The van der Waals surface area contributed by atoms with Crippen LogP contribution >= 0.6 is 23.4 Å². The van der Waals surface area contributed by atoms with Crippen LogP contribution in [0, 0.1) is 0 Å². The van der Waals surface area contributed by atoms with E-state index in [-0.39, 0.29) is 23.3 Å². The fraction of sp³-hybridized carbons (Fsp3) is 0.333. The molecule has 10 heteroatoms. The lowest BCUT2D eigenvalue weighted by Crippen LogP contribution is -2.33. The molecule has 1 saturated heterocycles.